The Bertz CT molecular complexity index is 441. The number of H-pyrrole nitrogens is 1. The van der Waals surface area contributed by atoms with Gasteiger partial charge in [0.25, 0.3) is 0 Å². The van der Waals surface area contributed by atoms with Crippen LogP contribution in [0.1, 0.15) is 5.89 Å². The van der Waals surface area contributed by atoms with Crippen LogP contribution in [0.3, 0.4) is 0 Å². The third-order valence-electron chi connectivity index (χ3n) is 1.45. The molecule has 0 aliphatic carbocycles. The first-order chi connectivity index (χ1) is 5.27. The van der Waals surface area contributed by atoms with Gasteiger partial charge in [-0.3, -0.25) is 0 Å². The van der Waals surface area contributed by atoms with E-state index in [0.717, 1.165) is 0 Å². The Morgan fingerprint density at radius 3 is 3.27 bits per heavy atom. The first-order valence-electron chi connectivity index (χ1n) is 3.22. The molecule has 0 bridgehead atoms. The van der Waals surface area contributed by atoms with Crippen LogP contribution in [0.2, 0.25) is 0 Å². The molecule has 4 heteroatoms. The van der Waals surface area contributed by atoms with Crippen LogP contribution in [0.25, 0.3) is 11.0 Å². The summed E-state index contributed by atoms with van der Waals surface area (Å²) >= 11 is 0. The normalized spacial score (nSPS) is 10.6. The molecule has 0 aromatic carbocycles. The maximum Gasteiger partial charge on any atom is 0.363 e. The Morgan fingerprint density at radius 1 is 1.64 bits per heavy atom. The van der Waals surface area contributed by atoms with Crippen molar-refractivity contribution >= 4 is 11.0 Å². The zero-order valence-electron chi connectivity index (χ0n) is 5.92. The molecule has 2 heterocycles. The predicted molar refractivity (Wildman–Crippen MR) is 39.4 cm³/mol. The lowest BCUT2D eigenvalue weighted by molar-refractivity contribution is 0.466. The molecule has 2 aromatic rings. The maximum atomic E-state index is 11.0. The second-order valence-corrected chi connectivity index (χ2v) is 2.26. The Balaban J connectivity index is 3.02. The zero-order valence-corrected chi connectivity index (χ0v) is 5.92. The summed E-state index contributed by atoms with van der Waals surface area (Å²) in [5.41, 5.74) is 0.715. The highest BCUT2D eigenvalue weighted by Crippen LogP contribution is 2.03. The SMILES string of the molecule is Cc1nc2cc[nH]c2c(=O)o1. The maximum absolute atomic E-state index is 11.0. The molecule has 0 spiro atoms. The second-order valence-electron chi connectivity index (χ2n) is 2.26. The van der Waals surface area contributed by atoms with Crippen molar-refractivity contribution in [3.63, 3.8) is 0 Å². The summed E-state index contributed by atoms with van der Waals surface area (Å²) in [5, 5.41) is 0. The summed E-state index contributed by atoms with van der Waals surface area (Å²) in [7, 11) is 0. The molecular formula is C7H6N2O2. The van der Waals surface area contributed by atoms with Crippen molar-refractivity contribution < 1.29 is 4.42 Å². The molecule has 11 heavy (non-hydrogen) atoms. The number of aromatic nitrogens is 2. The Hall–Kier alpha value is -1.58. The number of nitrogens with zero attached hydrogens (tertiary/aromatic N) is 1. The highest BCUT2D eigenvalue weighted by molar-refractivity contribution is 5.72. The fourth-order valence-electron chi connectivity index (χ4n) is 0.996. The lowest BCUT2D eigenvalue weighted by Gasteiger charge is -1.88. The van der Waals surface area contributed by atoms with E-state index in [1.54, 1.807) is 19.2 Å². The summed E-state index contributed by atoms with van der Waals surface area (Å²) in [6, 6.07) is 1.74. The van der Waals surface area contributed by atoms with Gasteiger partial charge in [-0.05, 0) is 6.07 Å². The van der Waals surface area contributed by atoms with Gasteiger partial charge in [-0.1, -0.05) is 0 Å². The van der Waals surface area contributed by atoms with E-state index in [0.29, 0.717) is 16.9 Å². The van der Waals surface area contributed by atoms with E-state index in [1.807, 2.05) is 0 Å². The van der Waals surface area contributed by atoms with Gasteiger partial charge in [-0.15, -0.1) is 0 Å². The first-order valence-corrected chi connectivity index (χ1v) is 3.22. The van der Waals surface area contributed by atoms with Crippen molar-refractivity contribution in [2.24, 2.45) is 0 Å². The molecule has 0 saturated carbocycles. The molecule has 0 aliphatic rings. The van der Waals surface area contributed by atoms with Crippen molar-refractivity contribution in [2.45, 2.75) is 6.92 Å². The number of nitrogens with one attached hydrogen (secondary N) is 1. The van der Waals surface area contributed by atoms with Gasteiger partial charge in [0, 0.05) is 13.1 Å². The van der Waals surface area contributed by atoms with E-state index in [2.05, 4.69) is 9.97 Å². The Kier molecular flexibility index (Phi) is 1.09. The van der Waals surface area contributed by atoms with E-state index in [9.17, 15) is 4.79 Å². The van der Waals surface area contributed by atoms with Gasteiger partial charge >= 0.3 is 5.63 Å². The van der Waals surface area contributed by atoms with Gasteiger partial charge in [-0.25, -0.2) is 9.78 Å². The van der Waals surface area contributed by atoms with Crippen LogP contribution < -0.4 is 5.63 Å². The average Bonchev–Trinajstić information content (AvgIpc) is 2.34. The highest BCUT2D eigenvalue weighted by atomic mass is 16.4. The largest absolute Gasteiger partial charge is 0.407 e. The van der Waals surface area contributed by atoms with Crippen LogP contribution in [-0.4, -0.2) is 9.97 Å². The molecule has 4 nitrogen and oxygen atoms in total. The van der Waals surface area contributed by atoms with E-state index < -0.39 is 0 Å². The van der Waals surface area contributed by atoms with Gasteiger partial charge in [-0.2, -0.15) is 0 Å². The second kappa shape index (κ2) is 1.95. The van der Waals surface area contributed by atoms with E-state index in [1.165, 1.54) is 0 Å². The third kappa shape index (κ3) is 0.832. The smallest absolute Gasteiger partial charge is 0.363 e. The van der Waals surface area contributed by atoms with Crippen LogP contribution in [0.15, 0.2) is 21.5 Å². The molecule has 0 atom stereocenters. The minimum absolute atomic E-state index is 0.363. The van der Waals surface area contributed by atoms with Crippen molar-refractivity contribution in [1.29, 1.82) is 0 Å². The van der Waals surface area contributed by atoms with Gasteiger partial charge < -0.3 is 9.40 Å². The summed E-state index contributed by atoms with van der Waals surface area (Å²) in [6.07, 6.45) is 1.66. The monoisotopic (exact) mass is 150 g/mol. The molecular weight excluding hydrogens is 144 g/mol. The zero-order chi connectivity index (χ0) is 7.84. The van der Waals surface area contributed by atoms with Gasteiger partial charge in [0.15, 0.2) is 11.4 Å². The van der Waals surface area contributed by atoms with E-state index >= 15 is 0 Å². The molecule has 0 fully saturated rings. The fraction of sp³-hybridized carbons (Fsp3) is 0.143. The third-order valence-corrected chi connectivity index (χ3v) is 1.45. The molecule has 1 N–H and O–H groups in total. The van der Waals surface area contributed by atoms with Crippen molar-refractivity contribution in [1.82, 2.24) is 9.97 Å². The first kappa shape index (κ1) is 6.15. The number of aryl methyl sites for hydroxylation is 1. The molecule has 0 unspecified atom stereocenters. The van der Waals surface area contributed by atoms with Crippen LogP contribution >= 0.6 is 0 Å². The van der Waals surface area contributed by atoms with Crippen molar-refractivity contribution in [3.8, 4) is 0 Å². The van der Waals surface area contributed by atoms with E-state index in [4.69, 9.17) is 4.42 Å². The lowest BCUT2D eigenvalue weighted by atomic mass is 10.5. The number of rotatable bonds is 0. The quantitative estimate of drug-likeness (QED) is 0.604. The Labute approximate surface area is 61.9 Å². The van der Waals surface area contributed by atoms with Crippen LogP contribution in [0, 0.1) is 6.92 Å². The Morgan fingerprint density at radius 2 is 2.45 bits per heavy atom. The fourth-order valence-corrected chi connectivity index (χ4v) is 0.996. The summed E-state index contributed by atoms with van der Waals surface area (Å²) in [5.74, 6) is 0.391. The summed E-state index contributed by atoms with van der Waals surface area (Å²) in [6.45, 7) is 1.65. The molecule has 56 valence electrons. The topological polar surface area (TPSA) is 58.9 Å². The summed E-state index contributed by atoms with van der Waals surface area (Å²) in [4.78, 5) is 17.8. The number of aromatic amines is 1. The van der Waals surface area contributed by atoms with Gasteiger partial charge in [0.05, 0.1) is 5.52 Å². The average molecular weight is 150 g/mol. The lowest BCUT2D eigenvalue weighted by Crippen LogP contribution is -2.01. The minimum Gasteiger partial charge on any atom is -0.407 e. The molecule has 2 rings (SSSR count). The van der Waals surface area contributed by atoms with Crippen LogP contribution in [0.5, 0.6) is 0 Å². The van der Waals surface area contributed by atoms with Gasteiger partial charge in [0.2, 0.25) is 0 Å². The molecule has 0 amide bonds. The molecule has 0 radical (unpaired) electrons. The molecule has 0 saturated heterocycles. The van der Waals surface area contributed by atoms with Gasteiger partial charge in [0.1, 0.15) is 0 Å². The highest BCUT2D eigenvalue weighted by Gasteiger charge is 2.02. The minimum atomic E-state index is -0.363. The van der Waals surface area contributed by atoms with Crippen LogP contribution in [-0.2, 0) is 0 Å². The summed E-state index contributed by atoms with van der Waals surface area (Å²) < 4.78 is 4.75. The van der Waals surface area contributed by atoms with E-state index in [-0.39, 0.29) is 5.63 Å². The van der Waals surface area contributed by atoms with Crippen LogP contribution in [0.4, 0.5) is 0 Å². The molecule has 0 aliphatic heterocycles. The number of fused-ring (bicyclic) bond motifs is 1. The molecule has 2 aromatic heterocycles. The predicted octanol–water partition coefficient (Wildman–Crippen LogP) is 0.825. The number of hydrogen-bond donors (Lipinski definition) is 1. The number of hydrogen-bond acceptors (Lipinski definition) is 3. The van der Waals surface area contributed by atoms with Crippen molar-refractivity contribution in [2.75, 3.05) is 0 Å². The standard InChI is InChI=1S/C7H6N2O2/c1-4-9-5-2-3-8-6(5)7(10)11-4/h2-3,8H,1H3. The van der Waals surface area contributed by atoms with Crippen molar-refractivity contribution in [3.05, 3.63) is 28.6 Å².